The summed E-state index contributed by atoms with van der Waals surface area (Å²) in [4.78, 5) is 44.6. The topological polar surface area (TPSA) is 167 Å². The summed E-state index contributed by atoms with van der Waals surface area (Å²) in [6.07, 6.45) is -0.678. The maximum Gasteiger partial charge on any atom is 0.272 e. The first kappa shape index (κ1) is 23.5. The molecule has 0 aromatic heterocycles. The lowest BCUT2D eigenvalue weighted by atomic mass is 9.72. The Morgan fingerprint density at radius 1 is 0.774 bits per heavy atom. The van der Waals surface area contributed by atoms with Crippen molar-refractivity contribution in [3.05, 3.63) is 79.9 Å². The van der Waals surface area contributed by atoms with Crippen molar-refractivity contribution in [1.82, 2.24) is 0 Å². The molecule has 2 aromatic rings. The molecule has 0 fully saturated rings. The van der Waals surface area contributed by atoms with Crippen LogP contribution < -0.4 is 10.2 Å². The summed E-state index contributed by atoms with van der Waals surface area (Å²) in [5.41, 5.74) is -1.97. The molecule has 0 saturated carbocycles. The van der Waals surface area contributed by atoms with Gasteiger partial charge in [-0.15, -0.1) is 0 Å². The second-order valence-corrected chi connectivity index (χ2v) is 7.27. The van der Waals surface area contributed by atoms with Gasteiger partial charge in [0.2, 0.25) is 0 Å². The number of aliphatic carboxylic acids is 2. The van der Waals surface area contributed by atoms with E-state index < -0.39 is 27.2 Å². The standard InChI is InChI=1S/C21H22N2O8/c24-19(25)11-5-6-12-21(20(26)27,13-15-7-1-3-9-17(15)22(28)29)14-16-8-2-4-10-18(16)23(30)31/h1-4,7-10H,5-6,11-14H2,(H,24,25)(H,26,27)/p-2. The molecule has 31 heavy (non-hydrogen) atoms. The summed E-state index contributed by atoms with van der Waals surface area (Å²) in [5, 5.41) is 45.8. The highest BCUT2D eigenvalue weighted by Crippen LogP contribution is 2.38. The van der Waals surface area contributed by atoms with Crippen LogP contribution in [0, 0.1) is 25.6 Å². The minimum absolute atomic E-state index is 0.0826. The first-order chi connectivity index (χ1) is 14.7. The van der Waals surface area contributed by atoms with E-state index in [1.165, 1.54) is 48.5 Å². The molecule has 0 aliphatic rings. The van der Waals surface area contributed by atoms with E-state index in [2.05, 4.69) is 0 Å². The number of carboxylic acids is 2. The van der Waals surface area contributed by atoms with Gasteiger partial charge in [0, 0.05) is 40.6 Å². The smallest absolute Gasteiger partial charge is 0.272 e. The molecular weight excluding hydrogens is 408 g/mol. The molecule has 164 valence electrons. The lowest BCUT2D eigenvalue weighted by Crippen LogP contribution is -2.45. The Labute approximate surface area is 177 Å². The molecule has 0 atom stereocenters. The van der Waals surface area contributed by atoms with Gasteiger partial charge in [-0.05, 0) is 32.1 Å². The van der Waals surface area contributed by atoms with E-state index >= 15 is 0 Å². The number of hydrogen-bond donors (Lipinski definition) is 0. The number of carbonyl (C=O) groups is 2. The number of rotatable bonds is 12. The van der Waals surface area contributed by atoms with Gasteiger partial charge in [-0.25, -0.2) is 0 Å². The highest BCUT2D eigenvalue weighted by molar-refractivity contribution is 5.74. The van der Waals surface area contributed by atoms with Crippen molar-refractivity contribution in [3.8, 4) is 0 Å². The molecule has 0 aliphatic carbocycles. The van der Waals surface area contributed by atoms with Crippen molar-refractivity contribution in [2.45, 2.75) is 38.5 Å². The zero-order valence-corrected chi connectivity index (χ0v) is 16.5. The van der Waals surface area contributed by atoms with E-state index in [0.717, 1.165) is 0 Å². The minimum atomic E-state index is -1.72. The number of carbonyl (C=O) groups excluding carboxylic acids is 2. The number of nitro benzene ring substituents is 2. The van der Waals surface area contributed by atoms with Crippen molar-refractivity contribution in [2.24, 2.45) is 5.41 Å². The molecule has 0 spiro atoms. The number of hydrogen-bond acceptors (Lipinski definition) is 8. The van der Waals surface area contributed by atoms with Gasteiger partial charge < -0.3 is 19.8 Å². The van der Waals surface area contributed by atoms with Gasteiger partial charge in [0.1, 0.15) is 0 Å². The molecule has 2 rings (SSSR count). The first-order valence-corrected chi connectivity index (χ1v) is 9.52. The van der Waals surface area contributed by atoms with Crippen molar-refractivity contribution >= 4 is 23.3 Å². The van der Waals surface area contributed by atoms with Crippen molar-refractivity contribution in [1.29, 1.82) is 0 Å². The van der Waals surface area contributed by atoms with Crippen LogP contribution in [0.15, 0.2) is 48.5 Å². The van der Waals surface area contributed by atoms with E-state index in [1.54, 1.807) is 0 Å². The Kier molecular flexibility index (Phi) is 7.78. The van der Waals surface area contributed by atoms with Crippen molar-refractivity contribution in [2.75, 3.05) is 0 Å². The fourth-order valence-electron chi connectivity index (χ4n) is 3.62. The van der Waals surface area contributed by atoms with Crippen LogP contribution >= 0.6 is 0 Å². The number of carboxylic acid groups (broad SMARTS) is 2. The predicted octanol–water partition coefficient (Wildman–Crippen LogP) is 1.33. The lowest BCUT2D eigenvalue weighted by Gasteiger charge is -2.35. The summed E-state index contributed by atoms with van der Waals surface area (Å²) in [7, 11) is 0. The quantitative estimate of drug-likeness (QED) is 0.277. The predicted molar refractivity (Wildman–Crippen MR) is 105 cm³/mol. The zero-order valence-electron chi connectivity index (χ0n) is 16.5. The molecule has 0 heterocycles. The maximum atomic E-state index is 12.3. The Bertz CT molecular complexity index is 929. The normalized spacial score (nSPS) is 11.1. The molecule has 0 saturated heterocycles. The summed E-state index contributed by atoms with van der Waals surface area (Å²) in [5.74, 6) is -2.80. The fraction of sp³-hybridized carbons (Fsp3) is 0.333. The van der Waals surface area contributed by atoms with Crippen LogP contribution in [-0.4, -0.2) is 21.8 Å². The average molecular weight is 428 g/mol. The highest BCUT2D eigenvalue weighted by Gasteiger charge is 2.36. The third kappa shape index (κ3) is 6.08. The molecule has 0 amide bonds. The number of para-hydroxylation sites is 2. The molecule has 0 aliphatic heterocycles. The summed E-state index contributed by atoms with van der Waals surface area (Å²) in [6.45, 7) is 0. The molecule has 0 radical (unpaired) electrons. The highest BCUT2D eigenvalue weighted by atomic mass is 16.6. The molecule has 2 aromatic carbocycles. The third-order valence-electron chi connectivity index (χ3n) is 5.15. The van der Waals surface area contributed by atoms with Gasteiger partial charge in [-0.1, -0.05) is 42.8 Å². The molecule has 10 nitrogen and oxygen atoms in total. The number of benzene rings is 2. The minimum Gasteiger partial charge on any atom is -0.550 e. The summed E-state index contributed by atoms with van der Waals surface area (Å²) < 4.78 is 0. The molecule has 10 heteroatoms. The van der Waals surface area contributed by atoms with Crippen LogP contribution in [0.2, 0.25) is 0 Å². The Morgan fingerprint density at radius 3 is 1.61 bits per heavy atom. The first-order valence-electron chi connectivity index (χ1n) is 9.52. The van der Waals surface area contributed by atoms with E-state index in [1.807, 2.05) is 0 Å². The molecule has 0 unspecified atom stereocenters. The SMILES string of the molecule is O=C([O-])CCCCC(Cc1ccccc1[N+](=O)[O-])(Cc1ccccc1[N+](=O)[O-])C(=O)[O-]. The number of unbranched alkanes of at least 4 members (excludes halogenated alkanes) is 1. The van der Waals surface area contributed by atoms with Gasteiger partial charge in [0.15, 0.2) is 0 Å². The van der Waals surface area contributed by atoms with E-state index in [0.29, 0.717) is 0 Å². The Hall–Kier alpha value is -3.82. The second kappa shape index (κ2) is 10.3. The van der Waals surface area contributed by atoms with Crippen LogP contribution in [0.4, 0.5) is 11.4 Å². The van der Waals surface area contributed by atoms with Gasteiger partial charge in [-0.3, -0.25) is 20.2 Å². The molecule has 0 bridgehead atoms. The van der Waals surface area contributed by atoms with Gasteiger partial charge >= 0.3 is 0 Å². The van der Waals surface area contributed by atoms with Crippen LogP contribution in [0.5, 0.6) is 0 Å². The number of nitro groups is 2. The van der Waals surface area contributed by atoms with E-state index in [-0.39, 0.29) is 61.0 Å². The number of nitrogens with zero attached hydrogens (tertiary/aromatic N) is 2. The van der Waals surface area contributed by atoms with Crippen LogP contribution in [0.25, 0.3) is 0 Å². The lowest BCUT2D eigenvalue weighted by molar-refractivity contribution is -0.386. The zero-order chi connectivity index (χ0) is 23.0. The Morgan fingerprint density at radius 2 is 1.23 bits per heavy atom. The summed E-state index contributed by atoms with van der Waals surface area (Å²) >= 11 is 0. The monoisotopic (exact) mass is 428 g/mol. The van der Waals surface area contributed by atoms with Crippen LogP contribution in [-0.2, 0) is 22.4 Å². The van der Waals surface area contributed by atoms with Crippen LogP contribution in [0.1, 0.15) is 36.8 Å². The van der Waals surface area contributed by atoms with E-state index in [9.17, 15) is 40.0 Å². The van der Waals surface area contributed by atoms with Gasteiger partial charge in [0.05, 0.1) is 9.85 Å². The third-order valence-corrected chi connectivity index (χ3v) is 5.15. The maximum absolute atomic E-state index is 12.3. The Balaban J connectivity index is 2.49. The van der Waals surface area contributed by atoms with Gasteiger partial charge in [0.25, 0.3) is 11.4 Å². The largest absolute Gasteiger partial charge is 0.550 e. The summed E-state index contributed by atoms with van der Waals surface area (Å²) in [6, 6.07) is 11.3. The van der Waals surface area contributed by atoms with Crippen LogP contribution in [0.3, 0.4) is 0 Å². The van der Waals surface area contributed by atoms with Crippen molar-refractivity contribution in [3.63, 3.8) is 0 Å². The second-order valence-electron chi connectivity index (χ2n) is 7.27. The van der Waals surface area contributed by atoms with E-state index in [4.69, 9.17) is 0 Å². The molecule has 0 N–H and O–H groups in total. The molecular formula is C21H20N2O8-2. The van der Waals surface area contributed by atoms with Crippen molar-refractivity contribution < 1.29 is 29.6 Å². The van der Waals surface area contributed by atoms with Gasteiger partial charge in [-0.2, -0.15) is 0 Å². The fourth-order valence-corrected chi connectivity index (χ4v) is 3.62. The average Bonchev–Trinajstić information content (AvgIpc) is 2.71.